The second kappa shape index (κ2) is 7.08. The zero-order valence-corrected chi connectivity index (χ0v) is 13.8. The number of hydrogen-bond acceptors (Lipinski definition) is 3. The smallest absolute Gasteiger partial charge is 0.272 e. The molecule has 24 heavy (non-hydrogen) atoms. The van der Waals surface area contributed by atoms with Crippen LogP contribution in [0.2, 0.25) is 0 Å². The predicted molar refractivity (Wildman–Crippen MR) is 94.0 cm³/mol. The number of nitrogens with one attached hydrogen (secondary N) is 1. The van der Waals surface area contributed by atoms with Gasteiger partial charge in [0.1, 0.15) is 0 Å². The lowest BCUT2D eigenvalue weighted by Gasteiger charge is -2.09. The summed E-state index contributed by atoms with van der Waals surface area (Å²) < 4.78 is 1.78. The van der Waals surface area contributed by atoms with Crippen LogP contribution in [-0.2, 0) is 0 Å². The van der Waals surface area contributed by atoms with Crippen molar-refractivity contribution in [1.29, 1.82) is 0 Å². The standard InChI is InChI=1S/C19H20N4O/c1-3-14(2)21-19(24)17-12-18(15-8-7-11-20-13-15)23(22-17)16-9-5-4-6-10-16/h4-14H,3H2,1-2H3,(H,21,24). The Hall–Kier alpha value is -2.95. The van der Waals surface area contributed by atoms with E-state index in [2.05, 4.69) is 15.4 Å². The summed E-state index contributed by atoms with van der Waals surface area (Å²) in [6, 6.07) is 15.5. The van der Waals surface area contributed by atoms with Gasteiger partial charge in [0.05, 0.1) is 11.4 Å². The number of carbonyl (C=O) groups excluding carboxylic acids is 1. The molecule has 0 fully saturated rings. The Bertz CT molecular complexity index is 755. The largest absolute Gasteiger partial charge is 0.348 e. The van der Waals surface area contributed by atoms with Crippen LogP contribution in [0, 0.1) is 0 Å². The van der Waals surface area contributed by atoms with Crippen molar-refractivity contribution in [3.63, 3.8) is 0 Å². The molecule has 3 rings (SSSR count). The minimum Gasteiger partial charge on any atom is -0.348 e. The lowest BCUT2D eigenvalue weighted by atomic mass is 10.2. The highest BCUT2D eigenvalue weighted by Crippen LogP contribution is 2.23. The molecule has 0 saturated carbocycles. The van der Waals surface area contributed by atoms with E-state index >= 15 is 0 Å². The Morgan fingerprint density at radius 2 is 2.00 bits per heavy atom. The molecule has 3 aromatic rings. The van der Waals surface area contributed by atoms with Crippen LogP contribution in [0.1, 0.15) is 30.8 Å². The predicted octanol–water partition coefficient (Wildman–Crippen LogP) is 3.46. The molecule has 0 saturated heterocycles. The second-order valence-electron chi connectivity index (χ2n) is 5.69. The number of nitrogens with zero attached hydrogens (tertiary/aromatic N) is 3. The normalized spacial score (nSPS) is 11.9. The number of amides is 1. The first kappa shape index (κ1) is 15.9. The van der Waals surface area contributed by atoms with Crippen LogP contribution >= 0.6 is 0 Å². The molecule has 5 nitrogen and oxygen atoms in total. The summed E-state index contributed by atoms with van der Waals surface area (Å²) in [5, 5.41) is 7.48. The van der Waals surface area contributed by atoms with E-state index in [0.717, 1.165) is 23.4 Å². The van der Waals surface area contributed by atoms with Gasteiger partial charge < -0.3 is 5.32 Å². The number of aromatic nitrogens is 3. The van der Waals surface area contributed by atoms with E-state index in [1.54, 1.807) is 17.1 Å². The first-order valence-corrected chi connectivity index (χ1v) is 8.05. The van der Waals surface area contributed by atoms with Crippen molar-refractivity contribution in [2.24, 2.45) is 0 Å². The second-order valence-corrected chi connectivity index (χ2v) is 5.69. The zero-order valence-electron chi connectivity index (χ0n) is 13.8. The van der Waals surface area contributed by atoms with Crippen molar-refractivity contribution in [1.82, 2.24) is 20.1 Å². The highest BCUT2D eigenvalue weighted by Gasteiger charge is 2.17. The van der Waals surface area contributed by atoms with Gasteiger partial charge in [-0.1, -0.05) is 25.1 Å². The van der Waals surface area contributed by atoms with Crippen LogP contribution < -0.4 is 5.32 Å². The van der Waals surface area contributed by atoms with Gasteiger partial charge in [0.25, 0.3) is 5.91 Å². The van der Waals surface area contributed by atoms with Crippen molar-refractivity contribution < 1.29 is 4.79 Å². The van der Waals surface area contributed by atoms with E-state index in [0.29, 0.717) is 5.69 Å². The fraction of sp³-hybridized carbons (Fsp3) is 0.211. The number of pyridine rings is 1. The molecule has 1 unspecified atom stereocenters. The average molecular weight is 320 g/mol. The summed E-state index contributed by atoms with van der Waals surface area (Å²) in [7, 11) is 0. The molecule has 0 bridgehead atoms. The molecule has 0 aliphatic carbocycles. The quantitative estimate of drug-likeness (QED) is 0.783. The van der Waals surface area contributed by atoms with Gasteiger partial charge >= 0.3 is 0 Å². The Morgan fingerprint density at radius 1 is 1.21 bits per heavy atom. The number of carbonyl (C=O) groups is 1. The number of hydrogen-bond donors (Lipinski definition) is 1. The lowest BCUT2D eigenvalue weighted by molar-refractivity contribution is 0.0934. The van der Waals surface area contributed by atoms with Crippen molar-refractivity contribution in [3.05, 3.63) is 66.6 Å². The molecule has 2 heterocycles. The molecule has 0 spiro atoms. The monoisotopic (exact) mass is 320 g/mol. The van der Waals surface area contributed by atoms with E-state index < -0.39 is 0 Å². The molecule has 1 N–H and O–H groups in total. The summed E-state index contributed by atoms with van der Waals surface area (Å²) in [4.78, 5) is 16.6. The van der Waals surface area contributed by atoms with Gasteiger partial charge in [0, 0.05) is 24.0 Å². The molecule has 0 aliphatic rings. The van der Waals surface area contributed by atoms with Gasteiger partial charge in [-0.3, -0.25) is 9.78 Å². The third kappa shape index (κ3) is 3.35. The highest BCUT2D eigenvalue weighted by molar-refractivity contribution is 5.93. The van der Waals surface area contributed by atoms with Crippen LogP contribution in [0.5, 0.6) is 0 Å². The molecule has 122 valence electrons. The number of rotatable bonds is 5. The molecule has 1 atom stereocenters. The van der Waals surface area contributed by atoms with Crippen LogP contribution in [0.4, 0.5) is 0 Å². The summed E-state index contributed by atoms with van der Waals surface area (Å²) in [5.41, 5.74) is 3.05. The SMILES string of the molecule is CCC(C)NC(=O)c1cc(-c2cccnc2)n(-c2ccccc2)n1. The first-order valence-electron chi connectivity index (χ1n) is 8.05. The molecular formula is C19H20N4O. The van der Waals surface area contributed by atoms with E-state index in [4.69, 9.17) is 0 Å². The minimum atomic E-state index is -0.163. The van der Waals surface area contributed by atoms with Gasteiger partial charge in [-0.05, 0) is 43.7 Å². The Balaban J connectivity index is 2.05. The van der Waals surface area contributed by atoms with Crippen LogP contribution in [-0.4, -0.2) is 26.7 Å². The van der Waals surface area contributed by atoms with E-state index in [9.17, 15) is 4.79 Å². The maximum absolute atomic E-state index is 12.4. The van der Waals surface area contributed by atoms with Crippen molar-refractivity contribution in [2.45, 2.75) is 26.3 Å². The molecule has 1 amide bonds. The fourth-order valence-corrected chi connectivity index (χ4v) is 2.38. The van der Waals surface area contributed by atoms with Gasteiger partial charge in [-0.2, -0.15) is 5.10 Å². The molecule has 5 heteroatoms. The van der Waals surface area contributed by atoms with E-state index in [-0.39, 0.29) is 11.9 Å². The van der Waals surface area contributed by atoms with Crippen molar-refractivity contribution in [2.75, 3.05) is 0 Å². The molecular weight excluding hydrogens is 300 g/mol. The third-order valence-corrected chi connectivity index (χ3v) is 3.89. The Labute approximate surface area is 141 Å². The maximum atomic E-state index is 12.4. The molecule has 2 aromatic heterocycles. The Morgan fingerprint density at radius 3 is 2.67 bits per heavy atom. The van der Waals surface area contributed by atoms with Crippen LogP contribution in [0.3, 0.4) is 0 Å². The van der Waals surface area contributed by atoms with Gasteiger partial charge in [-0.15, -0.1) is 0 Å². The maximum Gasteiger partial charge on any atom is 0.272 e. The summed E-state index contributed by atoms with van der Waals surface area (Å²) in [6.07, 6.45) is 4.37. The van der Waals surface area contributed by atoms with E-state index in [1.807, 2.05) is 62.4 Å². The van der Waals surface area contributed by atoms with Gasteiger partial charge in [-0.25, -0.2) is 4.68 Å². The van der Waals surface area contributed by atoms with Crippen LogP contribution in [0.15, 0.2) is 60.9 Å². The summed E-state index contributed by atoms with van der Waals surface area (Å²) >= 11 is 0. The minimum absolute atomic E-state index is 0.112. The number of para-hydroxylation sites is 1. The topological polar surface area (TPSA) is 59.8 Å². The number of benzene rings is 1. The van der Waals surface area contributed by atoms with Crippen molar-refractivity contribution >= 4 is 5.91 Å². The summed E-state index contributed by atoms with van der Waals surface area (Å²) in [6.45, 7) is 4.02. The highest BCUT2D eigenvalue weighted by atomic mass is 16.2. The average Bonchev–Trinajstić information content (AvgIpc) is 3.08. The van der Waals surface area contributed by atoms with Gasteiger partial charge in [0.2, 0.25) is 0 Å². The molecule has 0 radical (unpaired) electrons. The van der Waals surface area contributed by atoms with Crippen LogP contribution in [0.25, 0.3) is 16.9 Å². The Kier molecular flexibility index (Phi) is 4.70. The van der Waals surface area contributed by atoms with Crippen molar-refractivity contribution in [3.8, 4) is 16.9 Å². The lowest BCUT2D eigenvalue weighted by Crippen LogP contribution is -2.32. The third-order valence-electron chi connectivity index (χ3n) is 3.89. The molecule has 0 aliphatic heterocycles. The fourth-order valence-electron chi connectivity index (χ4n) is 2.38. The summed E-state index contributed by atoms with van der Waals surface area (Å²) in [5.74, 6) is -0.163. The zero-order chi connectivity index (χ0) is 16.9. The van der Waals surface area contributed by atoms with Gasteiger partial charge in [0.15, 0.2) is 5.69 Å². The molecule has 1 aromatic carbocycles. The van der Waals surface area contributed by atoms with E-state index in [1.165, 1.54) is 0 Å². The first-order chi connectivity index (χ1) is 11.7.